The molecule has 0 amide bonds. The van der Waals surface area contributed by atoms with Crippen molar-refractivity contribution in [2.75, 3.05) is 19.7 Å². The first-order chi connectivity index (χ1) is 12.0. The summed E-state index contributed by atoms with van der Waals surface area (Å²) in [7, 11) is 0. The number of fused-ring (bicyclic) bond motifs is 2. The first-order valence-corrected chi connectivity index (χ1v) is 9.18. The Balaban J connectivity index is 1.61. The highest BCUT2D eigenvalue weighted by molar-refractivity contribution is 7.15. The molecule has 132 valence electrons. The zero-order valence-electron chi connectivity index (χ0n) is 14.1. The van der Waals surface area contributed by atoms with Crippen LogP contribution < -0.4 is 4.74 Å². The molecule has 4 unspecified atom stereocenters. The smallest absolute Gasteiger partial charge is 0.336 e. The van der Waals surface area contributed by atoms with E-state index in [9.17, 15) is 9.90 Å². The summed E-state index contributed by atoms with van der Waals surface area (Å²) < 4.78 is 6.03. The van der Waals surface area contributed by atoms with E-state index in [-0.39, 0.29) is 11.7 Å². The normalized spacial score (nSPS) is 27.6. The summed E-state index contributed by atoms with van der Waals surface area (Å²) in [5.41, 5.74) is 0.752. The fourth-order valence-corrected chi connectivity index (χ4v) is 4.46. The average molecular weight is 360 g/mol. The van der Waals surface area contributed by atoms with Gasteiger partial charge in [0, 0.05) is 30.1 Å². The van der Waals surface area contributed by atoms with E-state index in [0.717, 1.165) is 18.0 Å². The number of aromatic nitrogens is 1. The van der Waals surface area contributed by atoms with Crippen molar-refractivity contribution in [1.29, 1.82) is 0 Å². The largest absolute Gasteiger partial charge is 0.490 e. The Bertz CT molecular complexity index is 806. The number of nitrogens with zero attached hydrogens (tertiary/aromatic N) is 2. The second-order valence-corrected chi connectivity index (χ2v) is 7.94. The topological polar surface area (TPSA) is 71.9 Å². The van der Waals surface area contributed by atoms with E-state index in [4.69, 9.17) is 9.57 Å². The molecule has 2 bridgehead atoms. The van der Waals surface area contributed by atoms with Crippen LogP contribution in [0, 0.1) is 18.8 Å². The van der Waals surface area contributed by atoms with Crippen molar-refractivity contribution < 1.29 is 19.5 Å². The van der Waals surface area contributed by atoms with Gasteiger partial charge < -0.3 is 9.84 Å². The standard InChI is InChI=1S/C18H20N2O4S/c1-10-7-20-8-13(10)15(24-20)9-23-14-5-3-4-12(18(21)22)16(14)17-19-6-11(2)25-17/h3-6,10,13,15H,7-9H2,1-2H3,(H,21,22). The molecule has 2 fully saturated rings. The summed E-state index contributed by atoms with van der Waals surface area (Å²) in [4.78, 5) is 22.9. The summed E-state index contributed by atoms with van der Waals surface area (Å²) in [5, 5.41) is 12.2. The van der Waals surface area contributed by atoms with Crippen molar-refractivity contribution >= 4 is 17.3 Å². The molecule has 0 aliphatic carbocycles. The molecular weight excluding hydrogens is 340 g/mol. The zero-order valence-corrected chi connectivity index (χ0v) is 15.0. The van der Waals surface area contributed by atoms with Gasteiger partial charge in [0.2, 0.25) is 0 Å². The second kappa shape index (κ2) is 6.40. The highest BCUT2D eigenvalue weighted by Crippen LogP contribution is 2.38. The molecule has 3 heterocycles. The van der Waals surface area contributed by atoms with Gasteiger partial charge in [0.15, 0.2) is 0 Å². The SMILES string of the molecule is Cc1cnc(-c2c(OCC3ON4CC(C)C3C4)cccc2C(=O)O)s1. The van der Waals surface area contributed by atoms with Crippen LogP contribution >= 0.6 is 11.3 Å². The van der Waals surface area contributed by atoms with Gasteiger partial charge in [-0.15, -0.1) is 11.3 Å². The molecule has 0 spiro atoms. The van der Waals surface area contributed by atoms with E-state index in [1.54, 1.807) is 24.4 Å². The molecule has 1 aromatic heterocycles. The van der Waals surface area contributed by atoms with Crippen molar-refractivity contribution in [2.45, 2.75) is 20.0 Å². The number of carboxylic acid groups (broad SMARTS) is 1. The maximum absolute atomic E-state index is 11.7. The lowest BCUT2D eigenvalue weighted by Gasteiger charge is -2.27. The molecule has 6 nitrogen and oxygen atoms in total. The first kappa shape index (κ1) is 16.5. The van der Waals surface area contributed by atoms with Crippen molar-refractivity contribution in [3.63, 3.8) is 0 Å². The van der Waals surface area contributed by atoms with E-state index < -0.39 is 5.97 Å². The van der Waals surface area contributed by atoms with Gasteiger partial charge >= 0.3 is 5.97 Å². The van der Waals surface area contributed by atoms with Gasteiger partial charge in [-0.3, -0.25) is 4.84 Å². The van der Waals surface area contributed by atoms with Gasteiger partial charge in [-0.25, -0.2) is 9.78 Å². The Hall–Kier alpha value is -1.96. The van der Waals surface area contributed by atoms with Gasteiger partial charge in [-0.1, -0.05) is 13.0 Å². The van der Waals surface area contributed by atoms with Crippen LogP contribution in [0.15, 0.2) is 24.4 Å². The highest BCUT2D eigenvalue weighted by Gasteiger charge is 2.44. The molecule has 0 radical (unpaired) electrons. The highest BCUT2D eigenvalue weighted by atomic mass is 32.1. The molecule has 2 saturated heterocycles. The predicted molar refractivity (Wildman–Crippen MR) is 93.8 cm³/mol. The number of hydrogen-bond acceptors (Lipinski definition) is 6. The number of carboxylic acids is 1. The molecule has 7 heteroatoms. The van der Waals surface area contributed by atoms with Crippen LogP contribution in [0.25, 0.3) is 10.6 Å². The Labute approximate surface area is 150 Å². The molecule has 2 aliphatic rings. The van der Waals surface area contributed by atoms with Gasteiger partial charge in [-0.05, 0) is 25.0 Å². The third-order valence-corrected chi connectivity index (χ3v) is 5.82. The number of aromatic carboxylic acids is 1. The lowest BCUT2D eigenvalue weighted by Crippen LogP contribution is -2.35. The third kappa shape index (κ3) is 3.03. The van der Waals surface area contributed by atoms with Crippen molar-refractivity contribution in [3.8, 4) is 16.3 Å². The summed E-state index contributed by atoms with van der Waals surface area (Å²) >= 11 is 1.46. The number of benzene rings is 1. The zero-order chi connectivity index (χ0) is 17.6. The van der Waals surface area contributed by atoms with E-state index in [0.29, 0.717) is 34.8 Å². The number of hydrogen-bond donors (Lipinski definition) is 1. The summed E-state index contributed by atoms with van der Waals surface area (Å²) in [5.74, 6) is 0.620. The third-order valence-electron chi connectivity index (χ3n) is 4.89. The number of carbonyl (C=O) groups is 1. The van der Waals surface area contributed by atoms with Crippen LogP contribution in [-0.2, 0) is 4.84 Å². The van der Waals surface area contributed by atoms with Gasteiger partial charge in [0.25, 0.3) is 0 Å². The average Bonchev–Trinajstić information content (AvgIpc) is 3.27. The van der Waals surface area contributed by atoms with E-state index in [1.807, 2.05) is 12.0 Å². The fourth-order valence-electron chi connectivity index (χ4n) is 3.63. The molecule has 4 rings (SSSR count). The van der Waals surface area contributed by atoms with Crippen LogP contribution in [-0.4, -0.2) is 46.9 Å². The van der Waals surface area contributed by atoms with Crippen LogP contribution in [0.2, 0.25) is 0 Å². The monoisotopic (exact) mass is 360 g/mol. The predicted octanol–water partition coefficient (Wildman–Crippen LogP) is 3.08. The molecule has 1 aromatic carbocycles. The second-order valence-electron chi connectivity index (χ2n) is 6.70. The van der Waals surface area contributed by atoms with E-state index >= 15 is 0 Å². The van der Waals surface area contributed by atoms with Gasteiger partial charge in [-0.2, -0.15) is 5.06 Å². The maximum atomic E-state index is 11.7. The number of hydroxylamine groups is 2. The summed E-state index contributed by atoms with van der Waals surface area (Å²) in [6.45, 7) is 6.51. The molecular formula is C18H20N2O4S. The molecule has 0 saturated carbocycles. The Kier molecular flexibility index (Phi) is 4.23. The summed E-state index contributed by atoms with van der Waals surface area (Å²) in [6.07, 6.45) is 1.76. The minimum atomic E-state index is -0.982. The lowest BCUT2D eigenvalue weighted by atomic mass is 9.93. The number of ether oxygens (including phenoxy) is 1. The van der Waals surface area contributed by atoms with Crippen LogP contribution in [0.1, 0.15) is 22.2 Å². The molecule has 2 aromatic rings. The lowest BCUT2D eigenvalue weighted by molar-refractivity contribution is -0.177. The molecule has 4 atom stereocenters. The number of aryl methyl sites for hydroxylation is 1. The molecule has 2 aliphatic heterocycles. The number of rotatable bonds is 5. The Morgan fingerprint density at radius 1 is 1.48 bits per heavy atom. The van der Waals surface area contributed by atoms with Crippen LogP contribution in [0.4, 0.5) is 0 Å². The summed E-state index contributed by atoms with van der Waals surface area (Å²) in [6, 6.07) is 5.09. The van der Waals surface area contributed by atoms with Crippen molar-refractivity contribution in [2.24, 2.45) is 11.8 Å². The number of thiazole rings is 1. The Morgan fingerprint density at radius 2 is 2.32 bits per heavy atom. The minimum absolute atomic E-state index is 0.0168. The van der Waals surface area contributed by atoms with Crippen molar-refractivity contribution in [1.82, 2.24) is 10.0 Å². The Morgan fingerprint density at radius 3 is 2.96 bits per heavy atom. The maximum Gasteiger partial charge on any atom is 0.336 e. The van der Waals surface area contributed by atoms with Crippen LogP contribution in [0.5, 0.6) is 5.75 Å². The van der Waals surface area contributed by atoms with Gasteiger partial charge in [0.05, 0.1) is 11.1 Å². The first-order valence-electron chi connectivity index (χ1n) is 8.36. The van der Waals surface area contributed by atoms with E-state index in [2.05, 4.69) is 11.9 Å². The van der Waals surface area contributed by atoms with Gasteiger partial charge in [0.1, 0.15) is 23.5 Å². The molecule has 1 N–H and O–H groups in total. The fraction of sp³-hybridized carbons (Fsp3) is 0.444. The quantitative estimate of drug-likeness (QED) is 0.883. The minimum Gasteiger partial charge on any atom is -0.490 e. The van der Waals surface area contributed by atoms with E-state index in [1.165, 1.54) is 11.3 Å². The van der Waals surface area contributed by atoms with Crippen LogP contribution in [0.3, 0.4) is 0 Å². The molecule has 25 heavy (non-hydrogen) atoms. The van der Waals surface area contributed by atoms with Crippen molar-refractivity contribution in [3.05, 3.63) is 34.8 Å².